The average molecular weight is 195 g/mol. The Hall–Kier alpha value is -1.71. The number of aromatic hydroxyl groups is 1. The number of benzene rings is 1. The first-order chi connectivity index (χ1) is 6.56. The lowest BCUT2D eigenvalue weighted by Crippen LogP contribution is -2.08. The van der Waals surface area contributed by atoms with Crippen molar-refractivity contribution >= 4 is 11.7 Å². The number of ether oxygens (including phenoxy) is 1. The molecule has 0 amide bonds. The molecule has 0 saturated heterocycles. The standard InChI is InChI=1S/C10H13NO3/c1-3-14-10(13)8-4-7(12)5-9(11)6(8)2/h4-5,12H,3,11H2,1-2H3. The zero-order chi connectivity index (χ0) is 10.7. The van der Waals surface area contributed by atoms with Crippen molar-refractivity contribution in [3.63, 3.8) is 0 Å². The smallest absolute Gasteiger partial charge is 0.338 e. The van der Waals surface area contributed by atoms with Crippen molar-refractivity contribution in [1.82, 2.24) is 0 Å². The number of anilines is 1. The highest BCUT2D eigenvalue weighted by atomic mass is 16.5. The highest BCUT2D eigenvalue weighted by Gasteiger charge is 2.13. The molecule has 0 spiro atoms. The number of nitrogens with two attached hydrogens (primary N) is 1. The topological polar surface area (TPSA) is 72.5 Å². The van der Waals surface area contributed by atoms with Gasteiger partial charge in [0, 0.05) is 11.8 Å². The van der Waals surface area contributed by atoms with Gasteiger partial charge >= 0.3 is 5.97 Å². The molecule has 14 heavy (non-hydrogen) atoms. The molecule has 0 heterocycles. The third-order valence-corrected chi connectivity index (χ3v) is 1.93. The van der Waals surface area contributed by atoms with Gasteiger partial charge in [0.05, 0.1) is 12.2 Å². The Morgan fingerprint density at radius 3 is 2.79 bits per heavy atom. The number of hydrogen-bond donors (Lipinski definition) is 2. The summed E-state index contributed by atoms with van der Waals surface area (Å²) in [5.41, 5.74) is 6.91. The lowest BCUT2D eigenvalue weighted by Gasteiger charge is -2.08. The molecule has 0 radical (unpaired) electrons. The minimum atomic E-state index is -0.465. The van der Waals surface area contributed by atoms with Gasteiger partial charge in [0.15, 0.2) is 0 Å². The molecule has 0 aliphatic rings. The molecule has 0 bridgehead atoms. The van der Waals surface area contributed by atoms with E-state index in [2.05, 4.69) is 0 Å². The summed E-state index contributed by atoms with van der Waals surface area (Å²) < 4.78 is 4.81. The van der Waals surface area contributed by atoms with Crippen LogP contribution in [0.4, 0.5) is 5.69 Å². The molecule has 0 fully saturated rings. The summed E-state index contributed by atoms with van der Waals surface area (Å²) in [5, 5.41) is 9.25. The fourth-order valence-corrected chi connectivity index (χ4v) is 1.14. The normalized spacial score (nSPS) is 9.86. The first kappa shape index (κ1) is 10.4. The van der Waals surface area contributed by atoms with Crippen LogP contribution >= 0.6 is 0 Å². The van der Waals surface area contributed by atoms with E-state index in [9.17, 15) is 9.90 Å². The van der Waals surface area contributed by atoms with Crippen LogP contribution in [0.15, 0.2) is 12.1 Å². The van der Waals surface area contributed by atoms with Crippen LogP contribution in [0.3, 0.4) is 0 Å². The molecule has 0 saturated carbocycles. The zero-order valence-corrected chi connectivity index (χ0v) is 8.20. The molecule has 0 unspecified atom stereocenters. The van der Waals surface area contributed by atoms with E-state index in [1.165, 1.54) is 12.1 Å². The summed E-state index contributed by atoms with van der Waals surface area (Å²) in [6.07, 6.45) is 0. The number of rotatable bonds is 2. The van der Waals surface area contributed by atoms with Crippen molar-refractivity contribution < 1.29 is 14.6 Å². The largest absolute Gasteiger partial charge is 0.508 e. The van der Waals surface area contributed by atoms with Crippen LogP contribution in [-0.4, -0.2) is 17.7 Å². The second kappa shape index (κ2) is 4.00. The number of phenolic OH excluding ortho intramolecular Hbond substituents is 1. The Bertz CT molecular complexity index is 361. The molecule has 1 rings (SSSR count). The van der Waals surface area contributed by atoms with E-state index in [1.807, 2.05) is 0 Å². The summed E-state index contributed by atoms with van der Waals surface area (Å²) in [4.78, 5) is 11.4. The fraction of sp³-hybridized carbons (Fsp3) is 0.300. The Labute approximate surface area is 82.3 Å². The van der Waals surface area contributed by atoms with E-state index in [1.54, 1.807) is 13.8 Å². The maximum atomic E-state index is 11.4. The Kier molecular flexibility index (Phi) is 2.96. The molecule has 0 atom stereocenters. The third-order valence-electron chi connectivity index (χ3n) is 1.93. The van der Waals surface area contributed by atoms with E-state index >= 15 is 0 Å². The molecule has 4 nitrogen and oxygen atoms in total. The minimum absolute atomic E-state index is 0.0313. The fourth-order valence-electron chi connectivity index (χ4n) is 1.14. The van der Waals surface area contributed by atoms with Crippen molar-refractivity contribution in [3.05, 3.63) is 23.3 Å². The molecule has 0 aliphatic heterocycles. The van der Waals surface area contributed by atoms with Gasteiger partial charge in [0.2, 0.25) is 0 Å². The number of esters is 1. The van der Waals surface area contributed by atoms with Gasteiger partial charge in [-0.05, 0) is 25.5 Å². The summed E-state index contributed by atoms with van der Waals surface area (Å²) in [6, 6.07) is 2.75. The van der Waals surface area contributed by atoms with Crippen molar-refractivity contribution in [1.29, 1.82) is 0 Å². The van der Waals surface area contributed by atoms with E-state index in [0.29, 0.717) is 23.4 Å². The quantitative estimate of drug-likeness (QED) is 0.553. The average Bonchev–Trinajstić information content (AvgIpc) is 2.11. The van der Waals surface area contributed by atoms with E-state index in [4.69, 9.17) is 10.5 Å². The molecule has 4 heteroatoms. The van der Waals surface area contributed by atoms with Gasteiger partial charge in [-0.15, -0.1) is 0 Å². The second-order valence-electron chi connectivity index (χ2n) is 2.93. The Morgan fingerprint density at radius 2 is 2.21 bits per heavy atom. The van der Waals surface area contributed by atoms with Crippen LogP contribution in [0.2, 0.25) is 0 Å². The van der Waals surface area contributed by atoms with Crippen LogP contribution in [0.1, 0.15) is 22.8 Å². The second-order valence-corrected chi connectivity index (χ2v) is 2.93. The molecular formula is C10H13NO3. The molecule has 0 aromatic heterocycles. The molecule has 1 aromatic carbocycles. The SMILES string of the molecule is CCOC(=O)c1cc(O)cc(N)c1C. The predicted molar refractivity (Wildman–Crippen MR) is 53.2 cm³/mol. The van der Waals surface area contributed by atoms with Crippen molar-refractivity contribution in [2.75, 3.05) is 12.3 Å². The van der Waals surface area contributed by atoms with Gasteiger partial charge < -0.3 is 15.6 Å². The van der Waals surface area contributed by atoms with Gasteiger partial charge in [0.25, 0.3) is 0 Å². The maximum absolute atomic E-state index is 11.4. The highest BCUT2D eigenvalue weighted by molar-refractivity contribution is 5.93. The first-order valence-corrected chi connectivity index (χ1v) is 4.32. The van der Waals surface area contributed by atoms with Crippen LogP contribution in [-0.2, 0) is 4.74 Å². The van der Waals surface area contributed by atoms with Gasteiger partial charge in [-0.25, -0.2) is 4.79 Å². The highest BCUT2D eigenvalue weighted by Crippen LogP contribution is 2.23. The molecule has 1 aromatic rings. The van der Waals surface area contributed by atoms with E-state index < -0.39 is 5.97 Å². The molecular weight excluding hydrogens is 182 g/mol. The number of nitrogen functional groups attached to an aromatic ring is 1. The van der Waals surface area contributed by atoms with Crippen LogP contribution in [0, 0.1) is 6.92 Å². The summed E-state index contributed by atoms with van der Waals surface area (Å²) in [7, 11) is 0. The summed E-state index contributed by atoms with van der Waals surface area (Å²) in [5.74, 6) is -0.497. The predicted octanol–water partition coefficient (Wildman–Crippen LogP) is 1.46. The van der Waals surface area contributed by atoms with Crippen molar-refractivity contribution in [2.45, 2.75) is 13.8 Å². The Morgan fingerprint density at radius 1 is 1.57 bits per heavy atom. The minimum Gasteiger partial charge on any atom is -0.508 e. The van der Waals surface area contributed by atoms with Crippen molar-refractivity contribution in [3.8, 4) is 5.75 Å². The van der Waals surface area contributed by atoms with Crippen LogP contribution < -0.4 is 5.73 Å². The number of hydrogen-bond acceptors (Lipinski definition) is 4. The first-order valence-electron chi connectivity index (χ1n) is 4.32. The zero-order valence-electron chi connectivity index (χ0n) is 8.20. The number of phenols is 1. The number of carbonyl (C=O) groups is 1. The number of carbonyl (C=O) groups excluding carboxylic acids is 1. The molecule has 76 valence electrons. The van der Waals surface area contributed by atoms with Crippen molar-refractivity contribution in [2.24, 2.45) is 0 Å². The van der Waals surface area contributed by atoms with Gasteiger partial charge in [-0.2, -0.15) is 0 Å². The third kappa shape index (κ3) is 1.96. The van der Waals surface area contributed by atoms with E-state index in [0.717, 1.165) is 0 Å². The monoisotopic (exact) mass is 195 g/mol. The van der Waals surface area contributed by atoms with Crippen LogP contribution in [0.25, 0.3) is 0 Å². The van der Waals surface area contributed by atoms with Gasteiger partial charge in [0.1, 0.15) is 5.75 Å². The maximum Gasteiger partial charge on any atom is 0.338 e. The Balaban J connectivity index is 3.13. The lowest BCUT2D eigenvalue weighted by atomic mass is 10.1. The molecule has 3 N–H and O–H groups in total. The van der Waals surface area contributed by atoms with Gasteiger partial charge in [-0.1, -0.05) is 0 Å². The van der Waals surface area contributed by atoms with Crippen LogP contribution in [0.5, 0.6) is 5.75 Å². The molecule has 0 aliphatic carbocycles. The summed E-state index contributed by atoms with van der Waals surface area (Å²) >= 11 is 0. The lowest BCUT2D eigenvalue weighted by molar-refractivity contribution is 0.0525. The van der Waals surface area contributed by atoms with Gasteiger partial charge in [-0.3, -0.25) is 0 Å². The van der Waals surface area contributed by atoms with E-state index in [-0.39, 0.29) is 5.75 Å². The summed E-state index contributed by atoms with van der Waals surface area (Å²) in [6.45, 7) is 3.73.